The number of hydrogen-bond donors (Lipinski definition) is 2. The van der Waals surface area contributed by atoms with Crippen molar-refractivity contribution in [1.82, 2.24) is 0 Å². The number of hydrogen-bond acceptors (Lipinski definition) is 3. The summed E-state index contributed by atoms with van der Waals surface area (Å²) in [5, 5.41) is 0. The summed E-state index contributed by atoms with van der Waals surface area (Å²) in [5.74, 6) is 0. The van der Waals surface area contributed by atoms with Crippen molar-refractivity contribution in [2.24, 2.45) is 0 Å². The largest absolute Gasteiger partial charge is 0.307 e. The van der Waals surface area contributed by atoms with Crippen LogP contribution in [0.25, 0.3) is 0 Å². The van der Waals surface area contributed by atoms with Crippen LogP contribution >= 0.6 is 12.3 Å². The van der Waals surface area contributed by atoms with Gasteiger partial charge < -0.3 is 9.11 Å². The molecule has 0 aliphatic heterocycles. The van der Waals surface area contributed by atoms with Crippen LogP contribution < -0.4 is 0 Å². The Labute approximate surface area is 60.7 Å². The first-order chi connectivity index (χ1) is 1.41. The van der Waals surface area contributed by atoms with Gasteiger partial charge in [0.15, 0.2) is 12.3 Å². The first-order valence-corrected chi connectivity index (χ1v) is 1.10. The fraction of sp³-hybridized carbons (Fsp3) is 0. The molecule has 0 radical (unpaired) electrons. The van der Waals surface area contributed by atoms with Crippen LogP contribution in [0.1, 0.15) is 0 Å². The summed E-state index contributed by atoms with van der Waals surface area (Å²) in [5.41, 5.74) is 0. The zero-order valence-corrected chi connectivity index (χ0v) is 4.74. The molecule has 0 heterocycles. The van der Waals surface area contributed by atoms with Gasteiger partial charge in [-0.15, -0.1) is 0 Å². The molecule has 0 saturated heterocycles. The zero-order chi connectivity index (χ0) is 2.71. The van der Waals surface area contributed by atoms with Crippen molar-refractivity contribution >= 4 is 12.3 Å². The zero-order valence-electron chi connectivity index (χ0n) is 1.66. The molecule has 4 heavy (non-hydrogen) atoms. The SMILES string of the molecule is OSO.[Gd]. The minimum Gasteiger partial charge on any atom is -0.307 e. The molecule has 0 aliphatic carbocycles. The van der Waals surface area contributed by atoms with E-state index in [-0.39, 0.29) is 52.3 Å². The summed E-state index contributed by atoms with van der Waals surface area (Å²) in [6.45, 7) is 0. The van der Waals surface area contributed by atoms with E-state index in [0.29, 0.717) is 0 Å². The van der Waals surface area contributed by atoms with Gasteiger partial charge in [-0.2, -0.15) is 0 Å². The van der Waals surface area contributed by atoms with E-state index in [9.17, 15) is 0 Å². The van der Waals surface area contributed by atoms with Crippen molar-refractivity contribution in [2.45, 2.75) is 0 Å². The van der Waals surface area contributed by atoms with Gasteiger partial charge in [-0.25, -0.2) is 0 Å². The van der Waals surface area contributed by atoms with Crippen LogP contribution in [0, 0.1) is 39.9 Å². The Morgan fingerprint density at radius 2 is 1.25 bits per heavy atom. The summed E-state index contributed by atoms with van der Waals surface area (Å²) in [7, 11) is 0. The third-order valence-electron chi connectivity index (χ3n) is 0. The van der Waals surface area contributed by atoms with Crippen molar-refractivity contribution in [3.8, 4) is 0 Å². The van der Waals surface area contributed by atoms with Crippen LogP contribution in [0.2, 0.25) is 0 Å². The average Bonchev–Trinajstić information content (AvgIpc) is 0.918. The fourth-order valence-corrected chi connectivity index (χ4v) is 0. The van der Waals surface area contributed by atoms with Crippen molar-refractivity contribution in [1.29, 1.82) is 0 Å². The molecule has 2 nitrogen and oxygen atoms in total. The van der Waals surface area contributed by atoms with E-state index in [0.717, 1.165) is 0 Å². The Balaban J connectivity index is 0. The third-order valence-corrected chi connectivity index (χ3v) is 0. The molecule has 0 bridgehead atoms. The fourth-order valence-electron chi connectivity index (χ4n) is 0. The van der Waals surface area contributed by atoms with Crippen LogP contribution in [0.5, 0.6) is 0 Å². The van der Waals surface area contributed by atoms with Gasteiger partial charge in [-0.3, -0.25) is 0 Å². The second kappa shape index (κ2) is 8.82. The van der Waals surface area contributed by atoms with Gasteiger partial charge in [0.25, 0.3) is 0 Å². The number of rotatable bonds is 0. The molecule has 0 saturated carbocycles. The molecule has 0 aromatic rings. The molecule has 0 fully saturated rings. The summed E-state index contributed by atoms with van der Waals surface area (Å²) >= 11 is -0.250. The van der Waals surface area contributed by atoms with Crippen molar-refractivity contribution < 1.29 is 49.0 Å². The second-order valence-electron chi connectivity index (χ2n) is 0.0816. The standard InChI is InChI=1S/Gd.H2O2S/c;1-3-2/h;1-2H. The molecule has 0 unspecified atom stereocenters. The van der Waals surface area contributed by atoms with Gasteiger partial charge in [0.2, 0.25) is 0 Å². The molecule has 0 amide bonds. The van der Waals surface area contributed by atoms with Crippen LogP contribution in [0.4, 0.5) is 0 Å². The van der Waals surface area contributed by atoms with E-state index in [1.54, 1.807) is 0 Å². The van der Waals surface area contributed by atoms with Gasteiger partial charge in [0.1, 0.15) is 0 Å². The molecule has 0 rings (SSSR count). The third kappa shape index (κ3) is 9.52. The second-order valence-corrected chi connectivity index (χ2v) is 0.245. The molecular weight excluding hydrogens is 221 g/mol. The Morgan fingerprint density at radius 3 is 1.25 bits per heavy atom. The predicted octanol–water partition coefficient (Wildman–Crippen LogP) is 0.666. The predicted molar refractivity (Wildman–Crippen MR) is 12.8 cm³/mol. The van der Waals surface area contributed by atoms with E-state index < -0.39 is 0 Å². The van der Waals surface area contributed by atoms with Gasteiger partial charge in [-0.1, -0.05) is 0 Å². The van der Waals surface area contributed by atoms with E-state index in [1.165, 1.54) is 0 Å². The maximum Gasteiger partial charge on any atom is 0.152 e. The molecule has 4 heteroatoms. The van der Waals surface area contributed by atoms with Gasteiger partial charge in [0.05, 0.1) is 0 Å². The molecule has 0 aromatic carbocycles. The molecule has 2 N–H and O–H groups in total. The Morgan fingerprint density at radius 1 is 1.25 bits per heavy atom. The van der Waals surface area contributed by atoms with Crippen LogP contribution in [0.15, 0.2) is 0 Å². The summed E-state index contributed by atoms with van der Waals surface area (Å²) in [4.78, 5) is 0. The molecular formula is H2GdO2S. The normalized spacial score (nSPS) is 4.50. The first-order valence-electron chi connectivity index (χ1n) is 0.365. The summed E-state index contributed by atoms with van der Waals surface area (Å²) in [6.07, 6.45) is 0. The molecule has 0 spiro atoms. The van der Waals surface area contributed by atoms with Crippen molar-refractivity contribution in [3.05, 3.63) is 0 Å². The van der Waals surface area contributed by atoms with E-state index >= 15 is 0 Å². The minimum absolute atomic E-state index is 0. The first kappa shape index (κ1) is 9.14. The quantitative estimate of drug-likeness (QED) is 0.593. The van der Waals surface area contributed by atoms with Crippen LogP contribution in [0.3, 0.4) is 0 Å². The van der Waals surface area contributed by atoms with Gasteiger partial charge >= 0.3 is 0 Å². The smallest absolute Gasteiger partial charge is 0.152 e. The molecule has 0 aliphatic rings. The van der Waals surface area contributed by atoms with Gasteiger partial charge in [0, 0.05) is 39.9 Å². The topological polar surface area (TPSA) is 40.5 Å². The van der Waals surface area contributed by atoms with Crippen LogP contribution in [-0.2, 0) is 0 Å². The maximum absolute atomic E-state index is 7.04. The van der Waals surface area contributed by atoms with Gasteiger partial charge in [-0.05, 0) is 0 Å². The van der Waals surface area contributed by atoms with Crippen molar-refractivity contribution in [3.63, 3.8) is 0 Å². The van der Waals surface area contributed by atoms with Crippen molar-refractivity contribution in [2.75, 3.05) is 0 Å². The Kier molecular flexibility index (Phi) is 20.2. The minimum atomic E-state index is -0.250. The van der Waals surface area contributed by atoms with E-state index in [4.69, 9.17) is 9.11 Å². The molecule has 0 atom stereocenters. The average molecular weight is 223 g/mol. The monoisotopic (exact) mass is 224 g/mol. The summed E-state index contributed by atoms with van der Waals surface area (Å²) < 4.78 is 14.1. The van der Waals surface area contributed by atoms with E-state index in [1.807, 2.05) is 0 Å². The maximum atomic E-state index is 7.04. The van der Waals surface area contributed by atoms with Crippen LogP contribution in [-0.4, -0.2) is 9.11 Å². The van der Waals surface area contributed by atoms with E-state index in [2.05, 4.69) is 0 Å². The molecule has 28 valence electrons. The Bertz CT molecular complexity index is 6.00. The Hall–Kier alpha value is 1.59. The summed E-state index contributed by atoms with van der Waals surface area (Å²) in [6, 6.07) is 0. The molecule has 0 aromatic heterocycles.